The Morgan fingerprint density at radius 3 is 2.56 bits per heavy atom. The number of carbonyl (C=O) groups is 3. The van der Waals surface area contributed by atoms with Crippen LogP contribution in [0.3, 0.4) is 0 Å². The van der Waals surface area contributed by atoms with Crippen molar-refractivity contribution in [3.8, 4) is 0 Å². The second kappa shape index (κ2) is 10.5. The zero-order chi connectivity index (χ0) is 13.8. The zero-order valence-corrected chi connectivity index (χ0v) is 10.2. The summed E-state index contributed by atoms with van der Waals surface area (Å²) >= 11 is 0. The molecule has 0 radical (unpaired) electrons. The molecule has 0 aromatic heterocycles. The summed E-state index contributed by atoms with van der Waals surface area (Å²) in [4.78, 5) is 31.4. The Morgan fingerprint density at radius 1 is 1.28 bits per heavy atom. The molecule has 0 amide bonds. The maximum Gasteiger partial charge on any atom is 0.338 e. The maximum absolute atomic E-state index is 11.4. The Morgan fingerprint density at radius 2 is 2.00 bits per heavy atom. The number of ether oxygens (including phenoxy) is 3. The third-order valence-electron chi connectivity index (χ3n) is 2.06. The Hall–Kier alpha value is -1.63. The van der Waals surface area contributed by atoms with E-state index >= 15 is 0 Å². The highest BCUT2D eigenvalue weighted by atomic mass is 16.7. The molecule has 18 heavy (non-hydrogen) atoms. The quantitative estimate of drug-likeness (QED) is 0.245. The number of hydrogen-bond acceptors (Lipinski definition) is 7. The Balaban J connectivity index is 3.95. The van der Waals surface area contributed by atoms with Crippen LogP contribution in [0.1, 0.15) is 32.6 Å². The second-order valence-corrected chi connectivity index (χ2v) is 3.51. The van der Waals surface area contributed by atoms with E-state index in [0.29, 0.717) is 25.7 Å². The minimum atomic E-state index is -1.32. The molecule has 0 spiro atoms. The van der Waals surface area contributed by atoms with Gasteiger partial charge in [-0.3, -0.25) is 9.59 Å². The molecule has 7 heteroatoms. The van der Waals surface area contributed by atoms with Gasteiger partial charge in [-0.05, 0) is 19.3 Å². The van der Waals surface area contributed by atoms with Gasteiger partial charge in [0.05, 0.1) is 6.61 Å². The van der Waals surface area contributed by atoms with E-state index in [1.807, 2.05) is 6.92 Å². The summed E-state index contributed by atoms with van der Waals surface area (Å²) in [5, 5.41) is 9.44. The minimum Gasteiger partial charge on any atom is -0.468 e. The van der Waals surface area contributed by atoms with E-state index in [1.54, 1.807) is 0 Å². The van der Waals surface area contributed by atoms with Crippen LogP contribution in [0.15, 0.2) is 0 Å². The van der Waals surface area contributed by atoms with E-state index < -0.39 is 18.4 Å². The van der Waals surface area contributed by atoms with Crippen LogP contribution < -0.4 is 0 Å². The first kappa shape index (κ1) is 16.4. The van der Waals surface area contributed by atoms with E-state index in [1.165, 1.54) is 0 Å². The summed E-state index contributed by atoms with van der Waals surface area (Å²) in [5.74, 6) is -0.860. The largest absolute Gasteiger partial charge is 0.468 e. The average molecular weight is 262 g/mol. The predicted octanol–water partition coefficient (Wildman–Crippen LogP) is 0.143. The van der Waals surface area contributed by atoms with Gasteiger partial charge in [-0.15, -0.1) is 0 Å². The molecule has 0 aliphatic carbocycles. The van der Waals surface area contributed by atoms with Gasteiger partial charge in [-0.1, -0.05) is 6.92 Å². The van der Waals surface area contributed by atoms with Gasteiger partial charge in [-0.25, -0.2) is 4.79 Å². The Bertz CT molecular complexity index is 254. The highest BCUT2D eigenvalue weighted by Crippen LogP contribution is 2.07. The summed E-state index contributed by atoms with van der Waals surface area (Å²) in [7, 11) is 0. The number of hydrogen-bond donors (Lipinski definition) is 1. The highest BCUT2D eigenvalue weighted by molar-refractivity contribution is 5.74. The molecule has 0 aromatic carbocycles. The van der Waals surface area contributed by atoms with Gasteiger partial charge >= 0.3 is 5.97 Å². The van der Waals surface area contributed by atoms with Crippen LogP contribution in [0.4, 0.5) is 0 Å². The normalized spacial score (nSPS) is 13.2. The standard InChI is InChI=1S/C11H18O7/c1-2-4-10(17-8-13)18-11(15)9(14)5-3-6-16-7-12/h7-10,14H,2-6H2,1H3. The maximum atomic E-state index is 11.4. The smallest absolute Gasteiger partial charge is 0.338 e. The van der Waals surface area contributed by atoms with E-state index in [9.17, 15) is 19.5 Å². The van der Waals surface area contributed by atoms with Crippen molar-refractivity contribution in [2.45, 2.75) is 45.0 Å². The molecule has 104 valence electrons. The van der Waals surface area contributed by atoms with Gasteiger partial charge in [0, 0.05) is 6.42 Å². The molecule has 0 saturated heterocycles. The number of carbonyl (C=O) groups excluding carboxylic acids is 3. The topological polar surface area (TPSA) is 99.1 Å². The van der Waals surface area contributed by atoms with Crippen molar-refractivity contribution in [2.24, 2.45) is 0 Å². The van der Waals surface area contributed by atoms with Crippen molar-refractivity contribution in [2.75, 3.05) is 6.61 Å². The first-order valence-corrected chi connectivity index (χ1v) is 5.68. The van der Waals surface area contributed by atoms with Crippen LogP contribution in [0, 0.1) is 0 Å². The summed E-state index contributed by atoms with van der Waals surface area (Å²) in [6.45, 7) is 2.44. The third-order valence-corrected chi connectivity index (χ3v) is 2.06. The van der Waals surface area contributed by atoms with Gasteiger partial charge in [0.1, 0.15) is 0 Å². The molecule has 2 unspecified atom stereocenters. The van der Waals surface area contributed by atoms with Gasteiger partial charge in [-0.2, -0.15) is 0 Å². The van der Waals surface area contributed by atoms with E-state index in [-0.39, 0.29) is 19.5 Å². The lowest BCUT2D eigenvalue weighted by Gasteiger charge is -2.17. The first-order valence-electron chi connectivity index (χ1n) is 5.68. The lowest BCUT2D eigenvalue weighted by Crippen LogP contribution is -2.29. The zero-order valence-electron chi connectivity index (χ0n) is 10.2. The summed E-state index contributed by atoms with van der Waals surface area (Å²) in [6, 6.07) is 0. The molecule has 0 aliphatic rings. The molecule has 0 fully saturated rings. The number of esters is 1. The highest BCUT2D eigenvalue weighted by Gasteiger charge is 2.21. The van der Waals surface area contributed by atoms with Gasteiger partial charge in [0.2, 0.25) is 6.29 Å². The average Bonchev–Trinajstić information content (AvgIpc) is 2.35. The molecule has 0 bridgehead atoms. The molecular formula is C11H18O7. The van der Waals surface area contributed by atoms with Crippen molar-refractivity contribution < 1.29 is 33.7 Å². The van der Waals surface area contributed by atoms with E-state index in [2.05, 4.69) is 9.47 Å². The molecule has 0 aliphatic heterocycles. The molecule has 2 atom stereocenters. The van der Waals surface area contributed by atoms with Crippen LogP contribution in [0.2, 0.25) is 0 Å². The van der Waals surface area contributed by atoms with E-state index in [0.717, 1.165) is 0 Å². The van der Waals surface area contributed by atoms with Gasteiger partial charge in [0.25, 0.3) is 12.9 Å². The predicted molar refractivity (Wildman–Crippen MR) is 59.2 cm³/mol. The molecular weight excluding hydrogens is 244 g/mol. The van der Waals surface area contributed by atoms with E-state index in [4.69, 9.17) is 4.74 Å². The summed E-state index contributed by atoms with van der Waals surface area (Å²) in [6.07, 6.45) is -0.828. The van der Waals surface area contributed by atoms with Gasteiger partial charge < -0.3 is 19.3 Å². The van der Waals surface area contributed by atoms with Crippen LogP contribution in [-0.4, -0.2) is 43.0 Å². The Labute approximate surface area is 105 Å². The van der Waals surface area contributed by atoms with Crippen molar-refractivity contribution >= 4 is 18.9 Å². The molecule has 0 aromatic rings. The van der Waals surface area contributed by atoms with Crippen molar-refractivity contribution in [3.05, 3.63) is 0 Å². The van der Waals surface area contributed by atoms with Crippen molar-refractivity contribution in [1.82, 2.24) is 0 Å². The number of aliphatic hydroxyl groups excluding tert-OH is 1. The van der Waals surface area contributed by atoms with Crippen LogP contribution in [-0.2, 0) is 28.6 Å². The summed E-state index contributed by atoms with van der Waals surface area (Å²) in [5.41, 5.74) is 0. The monoisotopic (exact) mass is 262 g/mol. The number of aliphatic hydroxyl groups is 1. The third kappa shape index (κ3) is 7.61. The van der Waals surface area contributed by atoms with Gasteiger partial charge in [0.15, 0.2) is 6.10 Å². The molecule has 0 saturated carbocycles. The molecule has 7 nitrogen and oxygen atoms in total. The minimum absolute atomic E-state index is 0.104. The van der Waals surface area contributed by atoms with Crippen molar-refractivity contribution in [1.29, 1.82) is 0 Å². The Kier molecular flexibility index (Phi) is 9.57. The van der Waals surface area contributed by atoms with Crippen LogP contribution >= 0.6 is 0 Å². The van der Waals surface area contributed by atoms with Crippen LogP contribution in [0.5, 0.6) is 0 Å². The lowest BCUT2D eigenvalue weighted by atomic mass is 10.2. The molecule has 0 heterocycles. The summed E-state index contributed by atoms with van der Waals surface area (Å²) < 4.78 is 13.7. The second-order valence-electron chi connectivity index (χ2n) is 3.51. The first-order chi connectivity index (χ1) is 8.65. The fourth-order valence-electron chi connectivity index (χ4n) is 1.19. The molecule has 0 rings (SSSR count). The molecule has 1 N–H and O–H groups in total. The lowest BCUT2D eigenvalue weighted by molar-refractivity contribution is -0.188. The fourth-order valence-corrected chi connectivity index (χ4v) is 1.19. The van der Waals surface area contributed by atoms with Crippen molar-refractivity contribution in [3.63, 3.8) is 0 Å². The van der Waals surface area contributed by atoms with Crippen LogP contribution in [0.25, 0.3) is 0 Å². The fraction of sp³-hybridized carbons (Fsp3) is 0.727. The number of rotatable bonds is 11. The SMILES string of the molecule is CCCC(OC=O)OC(=O)C(O)CCCOC=O.